The fraction of sp³-hybridized carbons (Fsp3) is 0. The van der Waals surface area contributed by atoms with Gasteiger partial charge in [-0.25, -0.2) is 8.42 Å². The molecule has 4 rings (SSSR count). The number of halogens is 1. The minimum atomic E-state index is -3.73. The first-order valence-electron chi connectivity index (χ1n) is 7.98. The molecule has 0 fully saturated rings. The van der Waals surface area contributed by atoms with Crippen LogP contribution >= 0.6 is 11.6 Å². The van der Waals surface area contributed by atoms with Crippen molar-refractivity contribution in [1.82, 2.24) is 4.98 Å². The van der Waals surface area contributed by atoms with E-state index in [9.17, 15) is 8.42 Å². The molecule has 0 saturated carbocycles. The largest absolute Gasteiger partial charge is 0.355 e. The van der Waals surface area contributed by atoms with Gasteiger partial charge in [0.15, 0.2) is 0 Å². The van der Waals surface area contributed by atoms with Crippen LogP contribution in [0.3, 0.4) is 0 Å². The van der Waals surface area contributed by atoms with E-state index < -0.39 is 10.0 Å². The maximum atomic E-state index is 12.5. The van der Waals surface area contributed by atoms with E-state index in [1.807, 2.05) is 36.4 Å². The van der Waals surface area contributed by atoms with Crippen molar-refractivity contribution >= 4 is 38.2 Å². The van der Waals surface area contributed by atoms with Crippen molar-refractivity contribution in [3.05, 3.63) is 83.9 Å². The lowest BCUT2D eigenvalue weighted by molar-refractivity contribution is 0.601. The van der Waals surface area contributed by atoms with Crippen molar-refractivity contribution in [1.29, 1.82) is 0 Å². The van der Waals surface area contributed by atoms with E-state index in [2.05, 4.69) is 15.8 Å². The van der Waals surface area contributed by atoms with Crippen LogP contribution in [0.25, 0.3) is 22.2 Å². The Hall–Kier alpha value is -2.76. The number of hydrogen-bond acceptors (Lipinski definition) is 2. The van der Waals surface area contributed by atoms with Gasteiger partial charge in [-0.2, -0.15) is 0 Å². The molecular formula is C20H15ClN2O2S. The molecule has 3 aromatic carbocycles. The Labute approximate surface area is 156 Å². The van der Waals surface area contributed by atoms with Crippen LogP contribution < -0.4 is 4.72 Å². The zero-order valence-corrected chi connectivity index (χ0v) is 15.2. The second-order valence-electron chi connectivity index (χ2n) is 5.88. The third kappa shape index (κ3) is 3.19. The summed E-state index contributed by atoms with van der Waals surface area (Å²) in [6.07, 6.45) is 0. The number of fused-ring (bicyclic) bond motifs is 1. The highest BCUT2D eigenvalue weighted by molar-refractivity contribution is 7.92. The van der Waals surface area contributed by atoms with E-state index in [4.69, 9.17) is 11.6 Å². The standard InChI is InChI=1S/C20H15ClN2O2S/c21-17-6-2-4-8-20(17)26(24,25)23-16-11-9-14(10-12-16)19-13-15-5-1-3-7-18(15)22-19/h1-13,22-23H. The molecule has 0 saturated heterocycles. The summed E-state index contributed by atoms with van der Waals surface area (Å²) in [6, 6.07) is 23.7. The van der Waals surface area contributed by atoms with Crippen molar-refractivity contribution in [3.8, 4) is 11.3 Å². The van der Waals surface area contributed by atoms with Gasteiger partial charge >= 0.3 is 0 Å². The van der Waals surface area contributed by atoms with Gasteiger partial charge in [-0.05, 0) is 42.0 Å². The number of H-pyrrole nitrogens is 1. The minimum absolute atomic E-state index is 0.0568. The van der Waals surface area contributed by atoms with Crippen LogP contribution in [-0.2, 0) is 10.0 Å². The summed E-state index contributed by atoms with van der Waals surface area (Å²) < 4.78 is 27.5. The van der Waals surface area contributed by atoms with E-state index in [-0.39, 0.29) is 9.92 Å². The Bertz CT molecular complexity index is 1150. The summed E-state index contributed by atoms with van der Waals surface area (Å²) in [5, 5.41) is 1.32. The predicted molar refractivity (Wildman–Crippen MR) is 106 cm³/mol. The van der Waals surface area contributed by atoms with Gasteiger partial charge in [-0.15, -0.1) is 0 Å². The van der Waals surface area contributed by atoms with Gasteiger partial charge in [-0.1, -0.05) is 54.1 Å². The van der Waals surface area contributed by atoms with E-state index in [1.54, 1.807) is 30.3 Å². The van der Waals surface area contributed by atoms with Crippen LogP contribution in [-0.4, -0.2) is 13.4 Å². The summed E-state index contributed by atoms with van der Waals surface area (Å²) in [6.45, 7) is 0. The lowest BCUT2D eigenvalue weighted by atomic mass is 10.1. The molecule has 2 N–H and O–H groups in total. The normalized spacial score (nSPS) is 11.6. The number of anilines is 1. The number of hydrogen-bond donors (Lipinski definition) is 2. The molecule has 0 aliphatic carbocycles. The molecule has 0 bridgehead atoms. The number of para-hydroxylation sites is 1. The smallest absolute Gasteiger partial charge is 0.263 e. The molecule has 4 aromatic rings. The van der Waals surface area contributed by atoms with E-state index in [0.29, 0.717) is 5.69 Å². The van der Waals surface area contributed by atoms with Crippen LogP contribution in [0.1, 0.15) is 0 Å². The summed E-state index contributed by atoms with van der Waals surface area (Å²) >= 11 is 6.00. The molecule has 0 amide bonds. The Morgan fingerprint density at radius 2 is 1.54 bits per heavy atom. The van der Waals surface area contributed by atoms with Gasteiger partial charge < -0.3 is 4.98 Å². The van der Waals surface area contributed by atoms with Crippen LogP contribution in [0.15, 0.2) is 83.8 Å². The molecule has 26 heavy (non-hydrogen) atoms. The Morgan fingerprint density at radius 1 is 0.846 bits per heavy atom. The second kappa shape index (κ2) is 6.52. The van der Waals surface area contributed by atoms with Gasteiger partial charge in [0.2, 0.25) is 0 Å². The molecular weight excluding hydrogens is 368 g/mol. The molecule has 1 heterocycles. The van der Waals surface area contributed by atoms with Crippen LogP contribution in [0.2, 0.25) is 5.02 Å². The summed E-state index contributed by atoms with van der Waals surface area (Å²) in [4.78, 5) is 3.41. The first-order chi connectivity index (χ1) is 12.5. The lowest BCUT2D eigenvalue weighted by Gasteiger charge is -2.09. The van der Waals surface area contributed by atoms with E-state index in [0.717, 1.165) is 22.2 Å². The maximum absolute atomic E-state index is 12.5. The highest BCUT2D eigenvalue weighted by atomic mass is 35.5. The van der Waals surface area contributed by atoms with Gasteiger partial charge in [0.25, 0.3) is 10.0 Å². The zero-order valence-electron chi connectivity index (χ0n) is 13.6. The lowest BCUT2D eigenvalue weighted by Crippen LogP contribution is -2.13. The van der Waals surface area contributed by atoms with E-state index >= 15 is 0 Å². The third-order valence-corrected chi connectivity index (χ3v) is 5.99. The molecule has 6 heteroatoms. The molecule has 0 aliphatic heterocycles. The SMILES string of the molecule is O=S(=O)(Nc1ccc(-c2cc3ccccc3[nH]2)cc1)c1ccccc1Cl. The Kier molecular flexibility index (Phi) is 4.18. The highest BCUT2D eigenvalue weighted by Gasteiger charge is 2.17. The monoisotopic (exact) mass is 382 g/mol. The van der Waals surface area contributed by atoms with Crippen molar-refractivity contribution in [2.24, 2.45) is 0 Å². The quantitative estimate of drug-likeness (QED) is 0.503. The molecule has 1 aromatic heterocycles. The fourth-order valence-corrected chi connectivity index (χ4v) is 4.40. The Balaban J connectivity index is 1.61. The molecule has 130 valence electrons. The molecule has 0 atom stereocenters. The minimum Gasteiger partial charge on any atom is -0.355 e. The second-order valence-corrected chi connectivity index (χ2v) is 7.94. The van der Waals surface area contributed by atoms with Crippen LogP contribution in [0.4, 0.5) is 5.69 Å². The first kappa shape index (κ1) is 16.7. The van der Waals surface area contributed by atoms with Gasteiger partial charge in [0.05, 0.1) is 5.02 Å². The molecule has 0 unspecified atom stereocenters. The predicted octanol–water partition coefficient (Wildman–Crippen LogP) is 5.29. The average molecular weight is 383 g/mol. The number of sulfonamides is 1. The van der Waals surface area contributed by atoms with E-state index in [1.165, 1.54) is 6.07 Å². The molecule has 0 spiro atoms. The number of rotatable bonds is 4. The topological polar surface area (TPSA) is 62.0 Å². The van der Waals surface area contributed by atoms with Gasteiger partial charge in [-0.3, -0.25) is 4.72 Å². The number of aromatic nitrogens is 1. The third-order valence-electron chi connectivity index (χ3n) is 4.10. The Morgan fingerprint density at radius 3 is 2.27 bits per heavy atom. The van der Waals surface area contributed by atoms with Crippen LogP contribution in [0.5, 0.6) is 0 Å². The maximum Gasteiger partial charge on any atom is 0.263 e. The van der Waals surface area contributed by atoms with Crippen LogP contribution in [0, 0.1) is 0 Å². The summed E-state index contributed by atoms with van der Waals surface area (Å²) in [7, 11) is -3.73. The van der Waals surface area contributed by atoms with Crippen molar-refractivity contribution < 1.29 is 8.42 Å². The first-order valence-corrected chi connectivity index (χ1v) is 9.85. The zero-order chi connectivity index (χ0) is 18.1. The van der Waals surface area contributed by atoms with Crippen molar-refractivity contribution in [2.75, 3.05) is 4.72 Å². The number of aromatic amines is 1. The summed E-state index contributed by atoms with van der Waals surface area (Å²) in [5.74, 6) is 0. The number of nitrogens with one attached hydrogen (secondary N) is 2. The van der Waals surface area contributed by atoms with Gasteiger partial charge in [0, 0.05) is 22.3 Å². The number of benzene rings is 3. The molecule has 0 radical (unpaired) electrons. The van der Waals surface area contributed by atoms with Crippen molar-refractivity contribution in [3.63, 3.8) is 0 Å². The fourth-order valence-electron chi connectivity index (χ4n) is 2.82. The molecule has 4 nitrogen and oxygen atoms in total. The molecule has 0 aliphatic rings. The summed E-state index contributed by atoms with van der Waals surface area (Å²) in [5.41, 5.74) is 3.49. The van der Waals surface area contributed by atoms with Gasteiger partial charge in [0.1, 0.15) is 4.90 Å². The average Bonchev–Trinajstić information content (AvgIpc) is 3.06. The van der Waals surface area contributed by atoms with Crippen molar-refractivity contribution in [2.45, 2.75) is 4.90 Å². The highest BCUT2D eigenvalue weighted by Crippen LogP contribution is 2.27.